The van der Waals surface area contributed by atoms with Crippen molar-refractivity contribution in [1.82, 2.24) is 9.80 Å². The second-order valence-corrected chi connectivity index (χ2v) is 17.2. The Kier molecular flexibility index (Phi) is 14.3. The Morgan fingerprint density at radius 3 is 2.27 bits per heavy atom. The minimum Gasteiger partial charge on any atom is -0.457 e. The molecule has 19 atom stereocenters. The molecule has 4 saturated heterocycles. The zero-order valence-electron chi connectivity index (χ0n) is 33.9. The molecule has 4 heterocycles. The van der Waals surface area contributed by atoms with E-state index in [0.717, 1.165) is 0 Å². The molecule has 4 N–H and O–H groups in total. The number of aliphatic hydroxyl groups is 4. The summed E-state index contributed by atoms with van der Waals surface area (Å²) in [6, 6.07) is -0.574. The van der Waals surface area contributed by atoms with Crippen LogP contribution in [0.3, 0.4) is 0 Å². The molecule has 0 aromatic carbocycles. The fourth-order valence-corrected chi connectivity index (χ4v) is 9.15. The molecule has 0 aromatic heterocycles. The van der Waals surface area contributed by atoms with Crippen LogP contribution in [-0.4, -0.2) is 161 Å². The Balaban J connectivity index is 1.81. The number of nitrogens with zero attached hydrogens (tertiary/aromatic N) is 2. The summed E-state index contributed by atoms with van der Waals surface area (Å²) in [5.74, 6) is -2.30. The predicted octanol–water partition coefficient (Wildman–Crippen LogP) is 2.27. The third kappa shape index (κ3) is 9.00. The minimum atomic E-state index is -1.50. The summed E-state index contributed by atoms with van der Waals surface area (Å²) >= 11 is 0. The smallest absolute Gasteiger partial charge is 0.311 e. The number of rotatable bonds is 8. The lowest BCUT2D eigenvalue weighted by Crippen LogP contribution is -2.66. The van der Waals surface area contributed by atoms with Crippen LogP contribution in [0.15, 0.2) is 0 Å². The molecule has 14 heteroatoms. The van der Waals surface area contributed by atoms with Gasteiger partial charge in [0, 0.05) is 38.1 Å². The molecule has 0 aromatic rings. The normalized spacial score (nSPS) is 50.4. The van der Waals surface area contributed by atoms with Gasteiger partial charge in [0.05, 0.1) is 47.6 Å². The molecule has 14 nitrogen and oxygen atoms in total. The molecule has 304 valence electrons. The third-order valence-electron chi connectivity index (χ3n) is 12.5. The van der Waals surface area contributed by atoms with Gasteiger partial charge in [-0.3, -0.25) is 9.69 Å². The van der Waals surface area contributed by atoms with Crippen LogP contribution >= 0.6 is 0 Å². The molecular weight excluding hydrogens is 676 g/mol. The second kappa shape index (κ2) is 17.0. The number of hydrogen-bond donors (Lipinski definition) is 4. The second-order valence-electron chi connectivity index (χ2n) is 17.2. The van der Waals surface area contributed by atoms with Crippen LogP contribution in [0, 0.1) is 17.8 Å². The summed E-state index contributed by atoms with van der Waals surface area (Å²) in [5.41, 5.74) is -3.67. The molecule has 2 bridgehead atoms. The van der Waals surface area contributed by atoms with Crippen molar-refractivity contribution in [3.05, 3.63) is 0 Å². The Morgan fingerprint density at radius 2 is 1.67 bits per heavy atom. The van der Waals surface area contributed by atoms with Crippen molar-refractivity contribution in [2.24, 2.45) is 17.8 Å². The van der Waals surface area contributed by atoms with Crippen molar-refractivity contribution >= 4 is 5.97 Å². The average Bonchev–Trinajstić information content (AvgIpc) is 3.07. The van der Waals surface area contributed by atoms with Crippen molar-refractivity contribution in [3.8, 4) is 0 Å². The van der Waals surface area contributed by atoms with Gasteiger partial charge in [-0.25, -0.2) is 0 Å². The molecule has 0 aliphatic carbocycles. The molecule has 0 radical (unpaired) electrons. The van der Waals surface area contributed by atoms with Crippen LogP contribution in [0.4, 0.5) is 0 Å². The Morgan fingerprint density at radius 1 is 1.02 bits per heavy atom. The van der Waals surface area contributed by atoms with E-state index >= 15 is 0 Å². The van der Waals surface area contributed by atoms with Crippen LogP contribution in [0.1, 0.15) is 94.9 Å². The van der Waals surface area contributed by atoms with E-state index in [1.54, 1.807) is 34.6 Å². The van der Waals surface area contributed by atoms with Crippen molar-refractivity contribution in [1.29, 1.82) is 0 Å². The monoisotopic (exact) mass is 746 g/mol. The highest BCUT2D eigenvalue weighted by atomic mass is 16.7. The predicted molar refractivity (Wildman–Crippen MR) is 192 cm³/mol. The van der Waals surface area contributed by atoms with Gasteiger partial charge in [-0.2, -0.15) is 0 Å². The number of hydrogen-bond acceptors (Lipinski definition) is 14. The van der Waals surface area contributed by atoms with E-state index in [0.29, 0.717) is 25.8 Å². The van der Waals surface area contributed by atoms with Crippen molar-refractivity contribution in [3.63, 3.8) is 0 Å². The third-order valence-corrected chi connectivity index (χ3v) is 12.5. The quantitative estimate of drug-likeness (QED) is 0.267. The highest BCUT2D eigenvalue weighted by Crippen LogP contribution is 2.41. The summed E-state index contributed by atoms with van der Waals surface area (Å²) in [7, 11) is 5.32. The van der Waals surface area contributed by atoms with Gasteiger partial charge in [-0.05, 0) is 87.7 Å². The lowest BCUT2D eigenvalue weighted by Gasteiger charge is -2.51. The number of likely N-dealkylation sites (N-methyl/N-ethyl adjacent to an activating group) is 1. The number of methoxy groups -OCH3 is 1. The topological polar surface area (TPSA) is 169 Å². The van der Waals surface area contributed by atoms with Crippen LogP contribution in [0.25, 0.3) is 0 Å². The van der Waals surface area contributed by atoms with Crippen LogP contribution in [-0.2, 0) is 38.0 Å². The maximum Gasteiger partial charge on any atom is 0.311 e. The summed E-state index contributed by atoms with van der Waals surface area (Å²) in [6.07, 6.45) is -7.03. The molecular formula is C38H70N2O12. The molecule has 4 fully saturated rings. The zero-order valence-corrected chi connectivity index (χ0v) is 33.9. The maximum absolute atomic E-state index is 14.5. The fourth-order valence-electron chi connectivity index (χ4n) is 9.15. The van der Waals surface area contributed by atoms with Crippen molar-refractivity contribution in [2.45, 2.75) is 185 Å². The first-order chi connectivity index (χ1) is 24.1. The summed E-state index contributed by atoms with van der Waals surface area (Å²) < 4.78 is 44.4. The van der Waals surface area contributed by atoms with E-state index in [1.807, 2.05) is 53.6 Å². The van der Waals surface area contributed by atoms with Gasteiger partial charge in [0.25, 0.3) is 0 Å². The molecule has 4 aliphatic heterocycles. The van der Waals surface area contributed by atoms with Crippen LogP contribution < -0.4 is 0 Å². The summed E-state index contributed by atoms with van der Waals surface area (Å²) in [5, 5.41) is 46.2. The highest BCUT2D eigenvalue weighted by molar-refractivity contribution is 5.73. The van der Waals surface area contributed by atoms with E-state index in [1.165, 1.54) is 7.11 Å². The van der Waals surface area contributed by atoms with Crippen molar-refractivity contribution < 1.29 is 58.4 Å². The van der Waals surface area contributed by atoms with E-state index in [9.17, 15) is 25.2 Å². The molecule has 52 heavy (non-hydrogen) atoms. The molecule has 4 rings (SSSR count). The Hall–Kier alpha value is -1.01. The molecule has 4 aliphatic rings. The van der Waals surface area contributed by atoms with Gasteiger partial charge in [0.15, 0.2) is 12.6 Å². The van der Waals surface area contributed by atoms with Crippen LogP contribution in [0.2, 0.25) is 0 Å². The largest absolute Gasteiger partial charge is 0.457 e. The van der Waals surface area contributed by atoms with Gasteiger partial charge in [0.1, 0.15) is 30.6 Å². The van der Waals surface area contributed by atoms with Crippen LogP contribution in [0.5, 0.6) is 0 Å². The van der Waals surface area contributed by atoms with E-state index in [-0.39, 0.29) is 37.3 Å². The Labute approximate surface area is 311 Å². The summed E-state index contributed by atoms with van der Waals surface area (Å²) in [6.45, 7) is 19.1. The number of esters is 1. The SMILES string of the molecule is CC[C@H](O)[C@@]1(C)OCN2C[C@H](C)C[C@@](C)(O)[C@H](O[C@@H]3OC(C)C[C@@H](N(C)C)C3O)[C@@H](C)[C@H](O[C@H]3C[C@](C)(OC)[C@@H](O)C(C)O3)[C@@H](C)C(=O)OC1[C@H]2C. The lowest BCUT2D eigenvalue weighted by molar-refractivity contribution is -0.318. The maximum atomic E-state index is 14.5. The highest BCUT2D eigenvalue weighted by Gasteiger charge is 2.55. The van der Waals surface area contributed by atoms with Gasteiger partial charge in [0.2, 0.25) is 0 Å². The molecule has 0 amide bonds. The van der Waals surface area contributed by atoms with Gasteiger partial charge in [-0.15, -0.1) is 0 Å². The first-order valence-electron chi connectivity index (χ1n) is 19.3. The molecule has 0 saturated carbocycles. The number of ether oxygens (including phenoxy) is 7. The van der Waals surface area contributed by atoms with E-state index in [2.05, 4.69) is 4.90 Å². The standard InChI is InChI=1S/C38H70N2O12/c1-14-27(41)38(10)33-24(6)40(19-47-38)18-20(2)16-36(8,45)32(52-35-29(42)26(39(11)12)15-21(3)48-35)22(4)30(23(5)34(44)51-33)50-28-17-37(9,46-13)31(43)25(7)49-28/h20-33,35,41-43,45H,14-19H2,1-13H3/t20-,21?,22+,23-,24-,25?,26-,27+,28+,29?,30+,31+,32-,33?,35+,36-,37+,38-/m1/s1. The number of fused-ring (bicyclic) bond motifs is 2. The van der Waals surface area contributed by atoms with Gasteiger partial charge < -0.3 is 58.5 Å². The fraction of sp³-hybridized carbons (Fsp3) is 0.974. The van der Waals surface area contributed by atoms with E-state index < -0.39 is 89.9 Å². The minimum absolute atomic E-state index is 0.0919. The van der Waals surface area contributed by atoms with E-state index in [4.69, 9.17) is 33.2 Å². The molecule has 5 unspecified atom stereocenters. The lowest BCUT2D eigenvalue weighted by atomic mass is 9.77. The molecule has 0 spiro atoms. The number of aliphatic hydroxyl groups excluding tert-OH is 3. The van der Waals surface area contributed by atoms with Crippen molar-refractivity contribution in [2.75, 3.05) is 34.5 Å². The Bertz CT molecular complexity index is 1180. The zero-order chi connectivity index (χ0) is 39.1. The first-order valence-corrected chi connectivity index (χ1v) is 19.3. The number of carbonyl (C=O) groups is 1. The average molecular weight is 747 g/mol. The number of carbonyl (C=O) groups excluding carboxylic acids is 1. The first kappa shape index (κ1) is 43.7. The summed E-state index contributed by atoms with van der Waals surface area (Å²) in [4.78, 5) is 18.5. The van der Waals surface area contributed by atoms with Gasteiger partial charge >= 0.3 is 5.97 Å². The van der Waals surface area contributed by atoms with Gasteiger partial charge in [-0.1, -0.05) is 20.8 Å².